The molecule has 190 valence electrons. The number of H-pyrrole nitrogens is 1. The number of aromatic amines is 1. The molecule has 4 aromatic heterocycles. The monoisotopic (exact) mass is 515 g/mol. The third-order valence-corrected chi connectivity index (χ3v) is 8.16. The summed E-state index contributed by atoms with van der Waals surface area (Å²) in [6.07, 6.45) is 15.5. The predicted octanol–water partition coefficient (Wildman–Crippen LogP) is 8.51. The van der Waals surface area contributed by atoms with Crippen LogP contribution in [-0.4, -0.2) is 24.5 Å². The molecular formula is C35H25N5. The molecule has 2 aromatic carbocycles. The molecule has 6 aromatic rings. The van der Waals surface area contributed by atoms with Gasteiger partial charge in [0.15, 0.2) is 0 Å². The summed E-state index contributed by atoms with van der Waals surface area (Å²) in [4.78, 5) is 16.4. The van der Waals surface area contributed by atoms with Crippen LogP contribution in [0.1, 0.15) is 11.1 Å². The summed E-state index contributed by atoms with van der Waals surface area (Å²) in [5.74, 6) is 0. The number of benzene rings is 2. The summed E-state index contributed by atoms with van der Waals surface area (Å²) in [5, 5.41) is 4.63. The highest BCUT2D eigenvalue weighted by atomic mass is 15.0. The highest BCUT2D eigenvalue weighted by Crippen LogP contribution is 2.45. The first-order valence-corrected chi connectivity index (χ1v) is 13.4. The number of aromatic nitrogens is 5. The first kappa shape index (κ1) is 22.7. The highest BCUT2D eigenvalue weighted by Gasteiger charge is 2.20. The molecule has 1 N–H and O–H groups in total. The van der Waals surface area contributed by atoms with Crippen molar-refractivity contribution >= 4 is 32.6 Å². The van der Waals surface area contributed by atoms with Gasteiger partial charge in [-0.25, -0.2) is 0 Å². The second-order valence-corrected chi connectivity index (χ2v) is 10.4. The van der Waals surface area contributed by atoms with Crippen molar-refractivity contribution in [2.24, 2.45) is 0 Å². The van der Waals surface area contributed by atoms with E-state index in [0.717, 1.165) is 27.5 Å². The summed E-state index contributed by atoms with van der Waals surface area (Å²) < 4.78 is 2.30. The van der Waals surface area contributed by atoms with Crippen LogP contribution in [0, 0.1) is 13.8 Å². The molecule has 5 heterocycles. The van der Waals surface area contributed by atoms with E-state index in [0.29, 0.717) is 0 Å². The quantitative estimate of drug-likeness (QED) is 0.257. The van der Waals surface area contributed by atoms with Crippen molar-refractivity contribution < 1.29 is 0 Å². The molecule has 8 rings (SSSR count). The van der Waals surface area contributed by atoms with Gasteiger partial charge in [-0.3, -0.25) is 15.0 Å². The van der Waals surface area contributed by atoms with Gasteiger partial charge in [-0.05, 0) is 94.6 Å². The van der Waals surface area contributed by atoms with Crippen LogP contribution < -0.4 is 0 Å². The van der Waals surface area contributed by atoms with Gasteiger partial charge in [0.05, 0.1) is 11.0 Å². The minimum atomic E-state index is 1.11. The minimum Gasteiger partial charge on any atom is -0.367 e. The summed E-state index contributed by atoms with van der Waals surface area (Å²) in [7, 11) is 0. The van der Waals surface area contributed by atoms with Gasteiger partial charge in [-0.1, -0.05) is 24.3 Å². The predicted molar refractivity (Wildman–Crippen MR) is 163 cm³/mol. The second kappa shape index (κ2) is 8.61. The number of nitrogens with one attached hydrogen (secondary N) is 1. The number of aryl methyl sites for hydroxylation is 2. The van der Waals surface area contributed by atoms with E-state index in [2.05, 4.69) is 105 Å². The first-order valence-electron chi connectivity index (χ1n) is 13.4. The Balaban J connectivity index is 1.24. The van der Waals surface area contributed by atoms with Crippen LogP contribution in [0.25, 0.3) is 71.6 Å². The minimum absolute atomic E-state index is 1.11. The Morgan fingerprint density at radius 3 is 1.93 bits per heavy atom. The van der Waals surface area contributed by atoms with Crippen LogP contribution in [0.5, 0.6) is 0 Å². The van der Waals surface area contributed by atoms with Gasteiger partial charge >= 0.3 is 0 Å². The lowest BCUT2D eigenvalue weighted by Crippen LogP contribution is -1.96. The van der Waals surface area contributed by atoms with Gasteiger partial charge < -0.3 is 9.55 Å². The molecular weight excluding hydrogens is 490 g/mol. The van der Waals surface area contributed by atoms with Gasteiger partial charge in [0.1, 0.15) is 0 Å². The number of fused-ring (bicyclic) bond motifs is 6. The van der Waals surface area contributed by atoms with Gasteiger partial charge in [0.2, 0.25) is 0 Å². The zero-order valence-corrected chi connectivity index (χ0v) is 22.2. The topological polar surface area (TPSA) is 59.4 Å². The van der Waals surface area contributed by atoms with Gasteiger partial charge in [0.25, 0.3) is 0 Å². The largest absolute Gasteiger partial charge is 0.367 e. The number of hydrogen-bond donors (Lipinski definition) is 1. The normalized spacial score (nSPS) is 11.8. The molecule has 0 radical (unpaired) electrons. The number of hydrogen-bond acceptors (Lipinski definition) is 3. The Hall–Kier alpha value is -5.29. The maximum absolute atomic E-state index is 4.39. The zero-order chi connectivity index (χ0) is 26.8. The van der Waals surface area contributed by atoms with E-state index in [1.807, 2.05) is 43.4 Å². The molecule has 0 saturated heterocycles. The lowest BCUT2D eigenvalue weighted by atomic mass is 9.92. The van der Waals surface area contributed by atoms with Crippen molar-refractivity contribution in [3.63, 3.8) is 0 Å². The Morgan fingerprint density at radius 2 is 1.23 bits per heavy atom. The SMILES string of the molecule is Cc1cc(-c2c3cc[nH]cc-3c3cnccc23)ccc1-c1ccc(-n2c3ccncc3c3cnccc32)cc1C. The molecule has 40 heavy (non-hydrogen) atoms. The highest BCUT2D eigenvalue weighted by molar-refractivity contribution is 6.14. The van der Waals surface area contributed by atoms with E-state index in [1.165, 1.54) is 55.3 Å². The molecule has 1 aliphatic carbocycles. The molecule has 0 amide bonds. The van der Waals surface area contributed by atoms with E-state index in [-0.39, 0.29) is 0 Å². The van der Waals surface area contributed by atoms with Crippen molar-refractivity contribution in [1.82, 2.24) is 24.5 Å². The van der Waals surface area contributed by atoms with Crippen molar-refractivity contribution in [1.29, 1.82) is 0 Å². The maximum Gasteiger partial charge on any atom is 0.0572 e. The first-order chi connectivity index (χ1) is 19.7. The summed E-state index contributed by atoms with van der Waals surface area (Å²) >= 11 is 0. The molecule has 0 unspecified atom stereocenters. The molecule has 0 bridgehead atoms. The summed E-state index contributed by atoms with van der Waals surface area (Å²) in [5.41, 5.74) is 13.3. The zero-order valence-electron chi connectivity index (χ0n) is 22.2. The van der Waals surface area contributed by atoms with E-state index >= 15 is 0 Å². The molecule has 0 spiro atoms. The fourth-order valence-electron chi connectivity index (χ4n) is 6.35. The van der Waals surface area contributed by atoms with Gasteiger partial charge in [0, 0.05) is 77.0 Å². The molecule has 0 fully saturated rings. The van der Waals surface area contributed by atoms with E-state index in [4.69, 9.17) is 0 Å². The smallest absolute Gasteiger partial charge is 0.0572 e. The number of nitrogens with zero attached hydrogens (tertiary/aromatic N) is 4. The number of rotatable bonds is 3. The van der Waals surface area contributed by atoms with Crippen LogP contribution in [0.4, 0.5) is 0 Å². The molecule has 0 atom stereocenters. The molecule has 5 nitrogen and oxygen atoms in total. The summed E-state index contributed by atoms with van der Waals surface area (Å²) in [6.45, 7) is 4.41. The van der Waals surface area contributed by atoms with Crippen molar-refractivity contribution in [2.45, 2.75) is 13.8 Å². The standard InChI is InChI=1S/C35H25N5/c1-21-15-23(35-27-7-11-36-17-29(27)30-18-37-12-8-28(30)35)3-5-25(21)26-6-4-24(16-22(26)2)40-33-9-13-38-19-31(33)32-20-39-14-10-34(32)40/h3-20,36H,1-2H3. The average Bonchev–Trinajstić information content (AvgIpc) is 3.51. The number of pyridine rings is 4. The van der Waals surface area contributed by atoms with Crippen molar-refractivity contribution in [3.05, 3.63) is 121 Å². The molecule has 5 heteroatoms. The van der Waals surface area contributed by atoms with Crippen molar-refractivity contribution in [2.75, 3.05) is 0 Å². The van der Waals surface area contributed by atoms with E-state index in [9.17, 15) is 0 Å². The van der Waals surface area contributed by atoms with Crippen LogP contribution in [0.2, 0.25) is 0 Å². The lowest BCUT2D eigenvalue weighted by Gasteiger charge is -2.15. The van der Waals surface area contributed by atoms with Crippen LogP contribution in [-0.2, 0) is 0 Å². The van der Waals surface area contributed by atoms with Crippen molar-refractivity contribution in [3.8, 4) is 39.1 Å². The fraction of sp³-hybridized carbons (Fsp3) is 0.0571. The maximum atomic E-state index is 4.39. The van der Waals surface area contributed by atoms with E-state index < -0.39 is 0 Å². The van der Waals surface area contributed by atoms with Crippen LogP contribution >= 0.6 is 0 Å². The van der Waals surface area contributed by atoms with E-state index in [1.54, 1.807) is 0 Å². The van der Waals surface area contributed by atoms with Gasteiger partial charge in [-0.2, -0.15) is 0 Å². The Kier molecular flexibility index (Phi) is 4.88. The van der Waals surface area contributed by atoms with Crippen LogP contribution in [0.15, 0.2) is 110 Å². The lowest BCUT2D eigenvalue weighted by molar-refractivity contribution is 1.16. The second-order valence-electron chi connectivity index (χ2n) is 10.4. The molecule has 1 aliphatic heterocycles. The third-order valence-electron chi connectivity index (χ3n) is 8.16. The fourth-order valence-corrected chi connectivity index (χ4v) is 6.35. The average molecular weight is 516 g/mol. The van der Waals surface area contributed by atoms with Gasteiger partial charge in [-0.15, -0.1) is 0 Å². The Bertz CT molecular complexity index is 2150. The molecule has 2 aliphatic rings. The molecule has 0 saturated carbocycles. The Labute approximate surface area is 231 Å². The summed E-state index contributed by atoms with van der Waals surface area (Å²) in [6, 6.07) is 22.0. The van der Waals surface area contributed by atoms with Crippen LogP contribution in [0.3, 0.4) is 0 Å². The third kappa shape index (κ3) is 3.24. The Morgan fingerprint density at radius 1 is 0.575 bits per heavy atom.